The minimum Gasteiger partial charge on any atom is -0.491 e. The number of carbonyl (C=O) groups excluding carboxylic acids is 1. The first kappa shape index (κ1) is 18.0. The first-order chi connectivity index (χ1) is 13.3. The molecule has 0 spiro atoms. The molecule has 1 aromatic carbocycles. The fourth-order valence-corrected chi connectivity index (χ4v) is 2.99. The molecule has 0 radical (unpaired) electrons. The van der Waals surface area contributed by atoms with Gasteiger partial charge in [-0.25, -0.2) is 4.98 Å². The summed E-state index contributed by atoms with van der Waals surface area (Å²) in [6, 6.07) is 7.15. The molecule has 4 rings (SSSR count). The van der Waals surface area contributed by atoms with Crippen LogP contribution < -0.4 is 4.74 Å². The van der Waals surface area contributed by atoms with Crippen LogP contribution in [0.25, 0.3) is 11.4 Å². The van der Waals surface area contributed by atoms with Crippen LogP contribution in [0.3, 0.4) is 0 Å². The Morgan fingerprint density at radius 3 is 2.89 bits per heavy atom. The zero-order chi connectivity index (χ0) is 19.9. The second-order valence-electron chi connectivity index (χ2n) is 6.90. The van der Waals surface area contributed by atoms with E-state index in [4.69, 9.17) is 9.26 Å². The molecule has 0 bridgehead atoms. The molecule has 1 aliphatic heterocycles. The lowest BCUT2D eigenvalue weighted by Crippen LogP contribution is -2.18. The van der Waals surface area contributed by atoms with Crippen molar-refractivity contribution in [2.75, 3.05) is 6.61 Å². The molecule has 0 aliphatic carbocycles. The number of aryl methyl sites for hydroxylation is 1. The standard InChI is InChI=1S/C21H19N3O4/c1-13-10-19(23-28-13)21(3,26)7-6-15-4-5-18-16(11-15)20-22-17(14(2)25)12-24(20)8-9-27-18/h4-5,10-12,26H,8-9H2,1-3H3. The van der Waals surface area contributed by atoms with Crippen molar-refractivity contribution in [3.8, 4) is 29.0 Å². The average Bonchev–Trinajstić information content (AvgIpc) is 3.24. The fourth-order valence-electron chi connectivity index (χ4n) is 2.99. The molecule has 28 heavy (non-hydrogen) atoms. The van der Waals surface area contributed by atoms with Crippen molar-refractivity contribution in [2.24, 2.45) is 0 Å². The van der Waals surface area contributed by atoms with Crippen LogP contribution in [0.1, 0.15) is 41.4 Å². The Morgan fingerprint density at radius 2 is 2.18 bits per heavy atom. The molecule has 1 unspecified atom stereocenters. The Hall–Kier alpha value is -3.37. The Balaban J connectivity index is 1.73. The molecular weight excluding hydrogens is 358 g/mol. The van der Waals surface area contributed by atoms with E-state index in [0.717, 1.165) is 5.56 Å². The SMILES string of the molecule is CC(=O)c1cn2c(n1)-c1cc(C#CC(C)(O)c3cc(C)on3)ccc1OCC2. The number of ether oxygens (including phenoxy) is 1. The van der Waals surface area contributed by atoms with Crippen LogP contribution in [0, 0.1) is 18.8 Å². The number of benzene rings is 1. The molecule has 3 heterocycles. The van der Waals surface area contributed by atoms with Gasteiger partial charge in [0.1, 0.15) is 35.3 Å². The number of imidazole rings is 1. The first-order valence-corrected chi connectivity index (χ1v) is 8.88. The fraction of sp³-hybridized carbons (Fsp3) is 0.286. The van der Waals surface area contributed by atoms with Gasteiger partial charge in [0.15, 0.2) is 11.4 Å². The lowest BCUT2D eigenvalue weighted by atomic mass is 10.0. The molecule has 2 aromatic heterocycles. The lowest BCUT2D eigenvalue weighted by Gasteiger charge is -2.11. The monoisotopic (exact) mass is 377 g/mol. The normalized spacial score (nSPS) is 14.6. The summed E-state index contributed by atoms with van der Waals surface area (Å²) < 4.78 is 12.7. The van der Waals surface area contributed by atoms with E-state index < -0.39 is 5.60 Å². The zero-order valence-corrected chi connectivity index (χ0v) is 15.8. The third-order valence-corrected chi connectivity index (χ3v) is 4.52. The predicted molar refractivity (Wildman–Crippen MR) is 101 cm³/mol. The molecule has 3 aromatic rings. The minimum atomic E-state index is -1.44. The number of Topliss-reactive ketones (excluding diaryl/α,β-unsaturated/α-hetero) is 1. The van der Waals surface area contributed by atoms with Gasteiger partial charge in [0.2, 0.25) is 0 Å². The summed E-state index contributed by atoms with van der Waals surface area (Å²) in [5.41, 5.74) is 0.778. The van der Waals surface area contributed by atoms with E-state index in [0.29, 0.717) is 47.4 Å². The van der Waals surface area contributed by atoms with Crippen LogP contribution >= 0.6 is 0 Å². The molecular formula is C21H19N3O4. The summed E-state index contributed by atoms with van der Waals surface area (Å²) in [6.07, 6.45) is 1.74. The van der Waals surface area contributed by atoms with Crippen molar-refractivity contribution < 1.29 is 19.2 Å². The van der Waals surface area contributed by atoms with E-state index in [2.05, 4.69) is 22.0 Å². The van der Waals surface area contributed by atoms with Gasteiger partial charge in [-0.1, -0.05) is 17.0 Å². The summed E-state index contributed by atoms with van der Waals surface area (Å²) in [4.78, 5) is 16.2. The van der Waals surface area contributed by atoms with Gasteiger partial charge < -0.3 is 18.9 Å². The number of fused-ring (bicyclic) bond motifs is 3. The highest BCUT2D eigenvalue weighted by Crippen LogP contribution is 2.33. The highest BCUT2D eigenvalue weighted by atomic mass is 16.5. The van der Waals surface area contributed by atoms with Gasteiger partial charge in [-0.2, -0.15) is 0 Å². The summed E-state index contributed by atoms with van der Waals surface area (Å²) >= 11 is 0. The summed E-state index contributed by atoms with van der Waals surface area (Å²) in [5.74, 6) is 7.69. The number of aliphatic hydroxyl groups is 1. The summed E-state index contributed by atoms with van der Waals surface area (Å²) in [6.45, 7) is 5.90. The van der Waals surface area contributed by atoms with Gasteiger partial charge in [-0.15, -0.1) is 0 Å². The Morgan fingerprint density at radius 1 is 1.36 bits per heavy atom. The molecule has 7 heteroatoms. The maximum absolute atomic E-state index is 11.7. The number of carbonyl (C=O) groups is 1. The number of hydrogen-bond donors (Lipinski definition) is 1. The van der Waals surface area contributed by atoms with Crippen LogP contribution in [0.2, 0.25) is 0 Å². The highest BCUT2D eigenvalue weighted by molar-refractivity contribution is 5.92. The van der Waals surface area contributed by atoms with E-state index in [1.165, 1.54) is 6.92 Å². The van der Waals surface area contributed by atoms with Crippen molar-refractivity contribution in [1.29, 1.82) is 0 Å². The summed E-state index contributed by atoms with van der Waals surface area (Å²) in [5, 5.41) is 14.4. The van der Waals surface area contributed by atoms with E-state index >= 15 is 0 Å². The van der Waals surface area contributed by atoms with E-state index in [1.807, 2.05) is 22.8 Å². The van der Waals surface area contributed by atoms with E-state index in [9.17, 15) is 9.90 Å². The van der Waals surface area contributed by atoms with Gasteiger partial charge >= 0.3 is 0 Å². The second-order valence-corrected chi connectivity index (χ2v) is 6.90. The molecule has 0 saturated heterocycles. The van der Waals surface area contributed by atoms with E-state index in [-0.39, 0.29) is 5.78 Å². The highest BCUT2D eigenvalue weighted by Gasteiger charge is 2.24. The molecule has 0 amide bonds. The number of aromatic nitrogens is 3. The Kier molecular flexibility index (Phi) is 4.28. The predicted octanol–water partition coefficient (Wildman–Crippen LogP) is 2.70. The van der Waals surface area contributed by atoms with Gasteiger partial charge in [-0.3, -0.25) is 4.79 Å². The Bertz CT molecular complexity index is 1130. The maximum Gasteiger partial charge on any atom is 0.179 e. The molecule has 7 nitrogen and oxygen atoms in total. The third-order valence-electron chi connectivity index (χ3n) is 4.52. The molecule has 1 aliphatic rings. The van der Waals surface area contributed by atoms with Crippen molar-refractivity contribution in [3.63, 3.8) is 0 Å². The first-order valence-electron chi connectivity index (χ1n) is 8.88. The molecule has 1 N–H and O–H groups in total. The van der Waals surface area contributed by atoms with Gasteiger partial charge in [0.05, 0.1) is 12.1 Å². The minimum absolute atomic E-state index is 0.0852. The third kappa shape index (κ3) is 3.30. The van der Waals surface area contributed by atoms with Crippen LogP contribution in [-0.4, -0.2) is 32.2 Å². The topological polar surface area (TPSA) is 90.4 Å². The van der Waals surface area contributed by atoms with Crippen LogP contribution in [0.4, 0.5) is 0 Å². The van der Waals surface area contributed by atoms with Gasteiger partial charge in [-0.05, 0) is 32.0 Å². The smallest absolute Gasteiger partial charge is 0.179 e. The van der Waals surface area contributed by atoms with Crippen LogP contribution in [0.5, 0.6) is 5.75 Å². The van der Waals surface area contributed by atoms with Crippen molar-refractivity contribution in [2.45, 2.75) is 32.9 Å². The number of hydrogen-bond acceptors (Lipinski definition) is 6. The van der Waals surface area contributed by atoms with Gasteiger partial charge in [0.25, 0.3) is 0 Å². The van der Waals surface area contributed by atoms with Gasteiger partial charge in [0, 0.05) is 24.8 Å². The van der Waals surface area contributed by atoms with Crippen LogP contribution in [-0.2, 0) is 12.1 Å². The number of ketones is 1. The van der Waals surface area contributed by atoms with Crippen molar-refractivity contribution >= 4 is 5.78 Å². The lowest BCUT2D eigenvalue weighted by molar-refractivity contribution is 0.101. The largest absolute Gasteiger partial charge is 0.491 e. The molecule has 1 atom stereocenters. The number of rotatable bonds is 2. The van der Waals surface area contributed by atoms with Crippen molar-refractivity contribution in [1.82, 2.24) is 14.7 Å². The Labute approximate surface area is 161 Å². The van der Waals surface area contributed by atoms with E-state index in [1.54, 1.807) is 26.1 Å². The van der Waals surface area contributed by atoms with Crippen molar-refractivity contribution in [3.05, 3.63) is 53.2 Å². The molecule has 142 valence electrons. The number of nitrogens with zero attached hydrogens (tertiary/aromatic N) is 3. The average molecular weight is 377 g/mol. The molecule has 0 saturated carbocycles. The summed E-state index contributed by atoms with van der Waals surface area (Å²) in [7, 11) is 0. The maximum atomic E-state index is 11.7. The second kappa shape index (κ2) is 6.66. The zero-order valence-electron chi connectivity index (χ0n) is 15.8. The van der Waals surface area contributed by atoms with Crippen LogP contribution in [0.15, 0.2) is 35.0 Å². The quantitative estimate of drug-likeness (QED) is 0.545. The molecule has 0 fully saturated rings.